The third-order valence-corrected chi connectivity index (χ3v) is 11.1. The number of rotatable bonds is 7. The van der Waals surface area contributed by atoms with E-state index in [9.17, 15) is 4.79 Å². The second-order valence-electron chi connectivity index (χ2n) is 14.5. The van der Waals surface area contributed by atoms with Crippen molar-refractivity contribution in [3.05, 3.63) is 113 Å². The van der Waals surface area contributed by atoms with E-state index in [0.29, 0.717) is 69.0 Å². The van der Waals surface area contributed by atoms with Crippen LogP contribution in [0.25, 0.3) is 67.5 Å². The number of carbonyl (C=O) groups excluding carboxylic acids is 1. The molecule has 0 amide bonds. The number of ether oxygens (including phenoxy) is 3. The Kier molecular flexibility index (Phi) is 11.0. The van der Waals surface area contributed by atoms with Gasteiger partial charge in [0.05, 0.1) is 35.1 Å². The van der Waals surface area contributed by atoms with E-state index in [-0.39, 0.29) is 12.0 Å². The molecule has 59 heavy (non-hydrogen) atoms. The molecule has 5 aromatic carbocycles. The average molecular weight is 832 g/mol. The Morgan fingerprint density at radius 3 is 1.98 bits per heavy atom. The van der Waals surface area contributed by atoms with Crippen molar-refractivity contribution in [3.63, 3.8) is 0 Å². The lowest BCUT2D eigenvalue weighted by Gasteiger charge is -2.26. The van der Waals surface area contributed by atoms with Crippen LogP contribution < -0.4 is 11.1 Å². The summed E-state index contributed by atoms with van der Waals surface area (Å²) in [6.45, 7) is 2.99. The highest BCUT2D eigenvalue weighted by molar-refractivity contribution is 6.31. The first kappa shape index (κ1) is 38.6. The summed E-state index contributed by atoms with van der Waals surface area (Å²) in [7, 11) is 1.38. The number of aromatic nitrogens is 4. The summed E-state index contributed by atoms with van der Waals surface area (Å²) < 4.78 is 29.9. The summed E-state index contributed by atoms with van der Waals surface area (Å²) in [5.41, 5.74) is 15.5. The van der Waals surface area contributed by atoms with Crippen LogP contribution in [0.5, 0.6) is 0 Å². The Morgan fingerprint density at radius 2 is 1.34 bits per heavy atom. The molecule has 0 aliphatic carbocycles. The molecule has 3 aromatic heterocycles. The van der Waals surface area contributed by atoms with Gasteiger partial charge in [-0.3, -0.25) is 0 Å². The van der Waals surface area contributed by atoms with Gasteiger partial charge < -0.3 is 38.7 Å². The first-order chi connectivity index (χ1) is 28.8. The fraction of sp³-hybridized carbons (Fsp3) is 0.244. The van der Waals surface area contributed by atoms with Gasteiger partial charge in [0.15, 0.2) is 11.2 Å². The number of anilines is 2. The minimum absolute atomic E-state index is 0.239. The van der Waals surface area contributed by atoms with E-state index in [4.69, 9.17) is 57.0 Å². The van der Waals surface area contributed by atoms with Crippen LogP contribution in [0.2, 0.25) is 10.0 Å². The number of halogens is 2. The van der Waals surface area contributed by atoms with Crippen molar-refractivity contribution in [1.29, 1.82) is 0 Å². The number of nitrogens with two attached hydrogens (primary N) is 1. The van der Waals surface area contributed by atoms with Crippen LogP contribution in [0.1, 0.15) is 42.1 Å². The Morgan fingerprint density at radius 1 is 0.712 bits per heavy atom. The van der Waals surface area contributed by atoms with Crippen molar-refractivity contribution in [2.75, 3.05) is 44.6 Å². The maximum atomic E-state index is 12.2. The van der Waals surface area contributed by atoms with E-state index >= 15 is 0 Å². The van der Waals surface area contributed by atoms with E-state index in [1.54, 1.807) is 30.3 Å². The van der Waals surface area contributed by atoms with Gasteiger partial charge in [0.25, 0.3) is 0 Å². The molecular formula is C45H40Cl2N6O6. The molecule has 2 fully saturated rings. The summed E-state index contributed by atoms with van der Waals surface area (Å²) >= 11 is 12.1. The standard InChI is InChI=1S/C27H22ClN3O4.C18H18ClN3O2/c1-33-27(32)18-4-2-3-16(13-18)25-29-21-14-17(26-30-22-15-19(28)6-8-24(22)35-26)5-7-23(21)31(25)20-9-11-34-12-10-20;19-12-2-4-17-16(10-12)22-18(24-17)11-1-3-15(14(20)9-11)21-13-5-7-23-8-6-13/h2-8,13-15,20H,9-12H2,1H3;1-4,9-10,13,21H,5-8,20H2. The van der Waals surface area contributed by atoms with Crippen LogP contribution in [0.3, 0.4) is 0 Å². The average Bonchev–Trinajstić information content (AvgIpc) is 4.00. The molecule has 8 aromatic rings. The fourth-order valence-electron chi connectivity index (χ4n) is 7.59. The van der Waals surface area contributed by atoms with Gasteiger partial charge in [-0.15, -0.1) is 0 Å². The molecule has 0 atom stereocenters. The smallest absolute Gasteiger partial charge is 0.337 e. The molecule has 0 radical (unpaired) electrons. The molecule has 0 saturated carbocycles. The molecule has 0 bridgehead atoms. The first-order valence-corrected chi connectivity index (χ1v) is 20.2. The highest BCUT2D eigenvalue weighted by Gasteiger charge is 2.24. The zero-order chi connectivity index (χ0) is 40.5. The van der Waals surface area contributed by atoms with Crippen molar-refractivity contribution < 1.29 is 27.8 Å². The third kappa shape index (κ3) is 8.22. The summed E-state index contributed by atoms with van der Waals surface area (Å²) in [4.78, 5) is 26.3. The predicted octanol–water partition coefficient (Wildman–Crippen LogP) is 10.6. The number of nitrogens with one attached hydrogen (secondary N) is 1. The first-order valence-electron chi connectivity index (χ1n) is 19.4. The van der Waals surface area contributed by atoms with E-state index in [2.05, 4.69) is 25.9 Å². The number of esters is 1. The van der Waals surface area contributed by atoms with Crippen molar-refractivity contribution >= 4 is 73.8 Å². The van der Waals surface area contributed by atoms with Gasteiger partial charge in [0, 0.05) is 65.2 Å². The third-order valence-electron chi connectivity index (χ3n) is 10.6. The number of hydrogen-bond acceptors (Lipinski definition) is 11. The second-order valence-corrected chi connectivity index (χ2v) is 15.4. The quantitative estimate of drug-likeness (QED) is 0.117. The van der Waals surface area contributed by atoms with Crippen molar-refractivity contribution in [1.82, 2.24) is 19.5 Å². The molecule has 300 valence electrons. The summed E-state index contributed by atoms with van der Waals surface area (Å²) in [6, 6.07) is 30.7. The van der Waals surface area contributed by atoms with Gasteiger partial charge in [0.2, 0.25) is 11.8 Å². The normalized spacial score (nSPS) is 15.0. The van der Waals surface area contributed by atoms with Gasteiger partial charge in [-0.25, -0.2) is 19.7 Å². The lowest BCUT2D eigenvalue weighted by atomic mass is 10.1. The zero-order valence-corrected chi connectivity index (χ0v) is 33.6. The topological polar surface area (TPSA) is 153 Å². The van der Waals surface area contributed by atoms with Gasteiger partial charge >= 0.3 is 5.97 Å². The van der Waals surface area contributed by atoms with Crippen LogP contribution >= 0.6 is 23.2 Å². The van der Waals surface area contributed by atoms with Crippen LogP contribution in [-0.4, -0.2) is 65.1 Å². The number of hydrogen-bond donors (Lipinski definition) is 2. The largest absolute Gasteiger partial charge is 0.465 e. The SMILES string of the molecule is COC(=O)c1cccc(-c2nc3cc(-c4nc5cc(Cl)ccc5o4)ccc3n2C2CCOCC2)c1.Nc1cc(-c2nc3cc(Cl)ccc3o2)ccc1NC1CCOCC1. The molecule has 0 unspecified atom stereocenters. The highest BCUT2D eigenvalue weighted by atomic mass is 35.5. The second kappa shape index (κ2) is 16.7. The molecule has 0 spiro atoms. The number of methoxy groups -OCH3 is 1. The zero-order valence-electron chi connectivity index (χ0n) is 32.1. The summed E-state index contributed by atoms with van der Waals surface area (Å²) in [6.07, 6.45) is 3.77. The van der Waals surface area contributed by atoms with Gasteiger partial charge in [-0.2, -0.15) is 0 Å². The van der Waals surface area contributed by atoms with Gasteiger partial charge in [0.1, 0.15) is 16.9 Å². The lowest BCUT2D eigenvalue weighted by molar-refractivity contribution is 0.0600. The minimum atomic E-state index is -0.376. The van der Waals surface area contributed by atoms with E-state index in [1.807, 2.05) is 60.7 Å². The van der Waals surface area contributed by atoms with E-state index in [0.717, 1.165) is 83.6 Å². The van der Waals surface area contributed by atoms with Gasteiger partial charge in [-0.05, 0) is 111 Å². The van der Waals surface area contributed by atoms with Crippen LogP contribution in [0.15, 0.2) is 106 Å². The number of imidazole rings is 1. The predicted molar refractivity (Wildman–Crippen MR) is 230 cm³/mol. The maximum absolute atomic E-state index is 12.2. The number of fused-ring (bicyclic) bond motifs is 3. The van der Waals surface area contributed by atoms with Crippen molar-refractivity contribution in [2.45, 2.75) is 37.8 Å². The van der Waals surface area contributed by atoms with Gasteiger partial charge in [-0.1, -0.05) is 35.3 Å². The molecule has 12 nitrogen and oxygen atoms in total. The summed E-state index contributed by atoms with van der Waals surface area (Å²) in [5, 5.41) is 4.74. The molecule has 5 heterocycles. The van der Waals surface area contributed by atoms with Crippen LogP contribution in [0.4, 0.5) is 11.4 Å². The number of carbonyl (C=O) groups is 1. The Hall–Kier alpha value is -5.92. The van der Waals surface area contributed by atoms with Crippen molar-refractivity contribution in [3.8, 4) is 34.3 Å². The molecule has 3 N–H and O–H groups in total. The highest BCUT2D eigenvalue weighted by Crippen LogP contribution is 2.36. The minimum Gasteiger partial charge on any atom is -0.465 e. The van der Waals surface area contributed by atoms with E-state index in [1.165, 1.54) is 7.11 Å². The molecule has 10 rings (SSSR count). The lowest BCUT2D eigenvalue weighted by Crippen LogP contribution is -2.28. The van der Waals surface area contributed by atoms with Crippen molar-refractivity contribution in [2.24, 2.45) is 0 Å². The number of nitrogens with zero attached hydrogens (tertiary/aromatic N) is 4. The monoisotopic (exact) mass is 830 g/mol. The molecule has 14 heteroatoms. The molecule has 2 saturated heterocycles. The molecule has 2 aliphatic rings. The Balaban J connectivity index is 0.000000163. The number of benzene rings is 5. The molecular weight excluding hydrogens is 791 g/mol. The fourth-order valence-corrected chi connectivity index (χ4v) is 7.92. The number of nitrogen functional groups attached to an aromatic ring is 1. The Bertz CT molecular complexity index is 2800. The number of oxazole rings is 2. The maximum Gasteiger partial charge on any atom is 0.337 e. The van der Waals surface area contributed by atoms with E-state index < -0.39 is 0 Å². The molecule has 2 aliphatic heterocycles. The Labute approximate surface area is 349 Å². The summed E-state index contributed by atoms with van der Waals surface area (Å²) in [5.74, 6) is 1.48. The van der Waals surface area contributed by atoms with Crippen LogP contribution in [-0.2, 0) is 14.2 Å². The van der Waals surface area contributed by atoms with Crippen LogP contribution in [0, 0.1) is 0 Å².